The number of hydrogen-bond donors (Lipinski definition) is 1. The molecule has 1 N–H and O–H groups in total. The molecule has 72 valence electrons. The van der Waals surface area contributed by atoms with Gasteiger partial charge in [-0.1, -0.05) is 29.8 Å². The van der Waals surface area contributed by atoms with Crippen molar-refractivity contribution in [2.24, 2.45) is 0 Å². The fraction of sp³-hybridized carbons (Fsp3) is 0.455. The van der Waals surface area contributed by atoms with E-state index in [1.807, 2.05) is 6.26 Å². The summed E-state index contributed by atoms with van der Waals surface area (Å²) < 4.78 is 0. The Morgan fingerprint density at radius 1 is 1.31 bits per heavy atom. The smallest absolute Gasteiger partial charge is 0.0670 e. The van der Waals surface area contributed by atoms with E-state index in [1.54, 1.807) is 11.8 Å². The summed E-state index contributed by atoms with van der Waals surface area (Å²) in [5, 5.41) is 9.55. The average molecular weight is 196 g/mol. The summed E-state index contributed by atoms with van der Waals surface area (Å²) in [6.07, 6.45) is 2.57. The van der Waals surface area contributed by atoms with Gasteiger partial charge in [0.25, 0.3) is 0 Å². The summed E-state index contributed by atoms with van der Waals surface area (Å²) >= 11 is 1.68. The number of rotatable bonds is 4. The Morgan fingerprint density at radius 2 is 1.92 bits per heavy atom. The maximum atomic E-state index is 9.55. The molecule has 0 bridgehead atoms. The molecule has 1 aromatic rings. The van der Waals surface area contributed by atoms with Crippen LogP contribution in [0.3, 0.4) is 0 Å². The van der Waals surface area contributed by atoms with Crippen molar-refractivity contribution < 1.29 is 5.11 Å². The monoisotopic (exact) mass is 196 g/mol. The minimum absolute atomic E-state index is 0.210. The normalized spacial score (nSPS) is 12.8. The number of hydrogen-bond acceptors (Lipinski definition) is 2. The van der Waals surface area contributed by atoms with Gasteiger partial charge in [-0.2, -0.15) is 11.8 Å². The molecule has 1 aromatic carbocycles. The van der Waals surface area contributed by atoms with Gasteiger partial charge >= 0.3 is 0 Å². The van der Waals surface area contributed by atoms with E-state index in [1.165, 1.54) is 11.1 Å². The van der Waals surface area contributed by atoms with Crippen molar-refractivity contribution >= 4 is 11.8 Å². The molecular weight excluding hydrogens is 180 g/mol. The second-order valence-corrected chi connectivity index (χ2v) is 4.21. The van der Waals surface area contributed by atoms with Crippen molar-refractivity contribution in [3.63, 3.8) is 0 Å². The number of aliphatic hydroxyl groups excluding tert-OH is 1. The van der Waals surface area contributed by atoms with Gasteiger partial charge in [-0.05, 0) is 25.2 Å². The Balaban J connectivity index is 2.49. The highest BCUT2D eigenvalue weighted by Crippen LogP contribution is 2.08. The van der Waals surface area contributed by atoms with E-state index in [-0.39, 0.29) is 6.10 Å². The third kappa shape index (κ3) is 3.83. The zero-order chi connectivity index (χ0) is 9.68. The highest BCUT2D eigenvalue weighted by molar-refractivity contribution is 7.98. The summed E-state index contributed by atoms with van der Waals surface area (Å²) in [7, 11) is 0. The van der Waals surface area contributed by atoms with E-state index in [9.17, 15) is 5.11 Å². The van der Waals surface area contributed by atoms with Crippen molar-refractivity contribution in [1.82, 2.24) is 0 Å². The molecule has 0 aliphatic rings. The van der Waals surface area contributed by atoms with E-state index in [2.05, 4.69) is 31.2 Å². The van der Waals surface area contributed by atoms with Gasteiger partial charge in [0, 0.05) is 5.75 Å². The minimum atomic E-state index is -0.210. The van der Waals surface area contributed by atoms with Crippen LogP contribution in [-0.2, 0) is 6.42 Å². The third-order valence-electron chi connectivity index (χ3n) is 1.95. The SMILES string of the molecule is CSCC(O)Cc1ccc(C)cc1. The fourth-order valence-corrected chi connectivity index (χ4v) is 1.75. The van der Waals surface area contributed by atoms with Crippen LogP contribution in [-0.4, -0.2) is 23.2 Å². The van der Waals surface area contributed by atoms with Crippen LogP contribution in [0.1, 0.15) is 11.1 Å². The van der Waals surface area contributed by atoms with Crippen LogP contribution < -0.4 is 0 Å². The second kappa shape index (κ2) is 5.30. The first-order valence-electron chi connectivity index (χ1n) is 4.45. The van der Waals surface area contributed by atoms with Gasteiger partial charge in [0.2, 0.25) is 0 Å². The molecule has 0 aromatic heterocycles. The van der Waals surface area contributed by atoms with Crippen molar-refractivity contribution in [3.05, 3.63) is 35.4 Å². The molecule has 0 spiro atoms. The number of thioether (sulfide) groups is 1. The lowest BCUT2D eigenvalue weighted by molar-refractivity contribution is 0.200. The molecule has 0 saturated carbocycles. The zero-order valence-electron chi connectivity index (χ0n) is 8.16. The first kappa shape index (κ1) is 10.6. The highest BCUT2D eigenvalue weighted by atomic mass is 32.2. The van der Waals surface area contributed by atoms with Crippen LogP contribution in [0.5, 0.6) is 0 Å². The maximum Gasteiger partial charge on any atom is 0.0670 e. The Hall–Kier alpha value is -0.470. The molecule has 0 heterocycles. The van der Waals surface area contributed by atoms with Crippen LogP contribution in [0.25, 0.3) is 0 Å². The summed E-state index contributed by atoms with van der Waals surface area (Å²) in [5.41, 5.74) is 2.48. The summed E-state index contributed by atoms with van der Waals surface area (Å²) in [4.78, 5) is 0. The minimum Gasteiger partial charge on any atom is -0.392 e. The van der Waals surface area contributed by atoms with E-state index >= 15 is 0 Å². The summed E-state index contributed by atoms with van der Waals surface area (Å²) in [6.45, 7) is 2.07. The molecule has 1 unspecified atom stereocenters. The number of aliphatic hydroxyl groups is 1. The van der Waals surface area contributed by atoms with E-state index in [0.29, 0.717) is 0 Å². The Labute approximate surface area is 84.2 Å². The number of aryl methyl sites for hydroxylation is 1. The van der Waals surface area contributed by atoms with Gasteiger partial charge in [-0.15, -0.1) is 0 Å². The molecule has 0 aliphatic heterocycles. The first-order chi connectivity index (χ1) is 6.22. The molecule has 0 amide bonds. The van der Waals surface area contributed by atoms with Gasteiger partial charge in [-0.25, -0.2) is 0 Å². The van der Waals surface area contributed by atoms with Crippen LogP contribution in [0.2, 0.25) is 0 Å². The van der Waals surface area contributed by atoms with Gasteiger partial charge in [0.15, 0.2) is 0 Å². The van der Waals surface area contributed by atoms with Gasteiger partial charge in [0.1, 0.15) is 0 Å². The Kier molecular flexibility index (Phi) is 4.33. The molecule has 1 atom stereocenters. The summed E-state index contributed by atoms with van der Waals surface area (Å²) in [5.74, 6) is 0.813. The topological polar surface area (TPSA) is 20.2 Å². The predicted molar refractivity (Wildman–Crippen MR) is 59.3 cm³/mol. The Bertz CT molecular complexity index is 243. The van der Waals surface area contributed by atoms with Crippen molar-refractivity contribution in [3.8, 4) is 0 Å². The molecule has 1 rings (SSSR count). The fourth-order valence-electron chi connectivity index (χ4n) is 1.25. The molecule has 0 fully saturated rings. The lowest BCUT2D eigenvalue weighted by Gasteiger charge is -2.08. The molecule has 2 heteroatoms. The average Bonchev–Trinajstić information content (AvgIpc) is 2.09. The van der Waals surface area contributed by atoms with Gasteiger partial charge in [-0.3, -0.25) is 0 Å². The van der Waals surface area contributed by atoms with E-state index in [0.717, 1.165) is 12.2 Å². The second-order valence-electron chi connectivity index (χ2n) is 3.30. The standard InChI is InChI=1S/C11H16OS/c1-9-3-5-10(6-4-9)7-11(12)8-13-2/h3-6,11-12H,7-8H2,1-2H3. The van der Waals surface area contributed by atoms with Crippen LogP contribution in [0, 0.1) is 6.92 Å². The van der Waals surface area contributed by atoms with Gasteiger partial charge in [0.05, 0.1) is 6.10 Å². The van der Waals surface area contributed by atoms with Crippen LogP contribution in [0.15, 0.2) is 24.3 Å². The highest BCUT2D eigenvalue weighted by Gasteiger charge is 2.03. The number of benzene rings is 1. The van der Waals surface area contributed by atoms with E-state index < -0.39 is 0 Å². The lowest BCUT2D eigenvalue weighted by Crippen LogP contribution is -2.13. The first-order valence-corrected chi connectivity index (χ1v) is 5.84. The predicted octanol–water partition coefficient (Wildman–Crippen LogP) is 2.26. The maximum absolute atomic E-state index is 9.55. The molecule has 13 heavy (non-hydrogen) atoms. The Morgan fingerprint density at radius 3 is 2.46 bits per heavy atom. The zero-order valence-corrected chi connectivity index (χ0v) is 8.97. The molecule has 0 saturated heterocycles. The van der Waals surface area contributed by atoms with Gasteiger partial charge < -0.3 is 5.11 Å². The lowest BCUT2D eigenvalue weighted by atomic mass is 10.1. The van der Waals surface area contributed by atoms with Crippen molar-refractivity contribution in [2.75, 3.05) is 12.0 Å². The van der Waals surface area contributed by atoms with E-state index in [4.69, 9.17) is 0 Å². The molecule has 0 radical (unpaired) electrons. The largest absolute Gasteiger partial charge is 0.392 e. The summed E-state index contributed by atoms with van der Waals surface area (Å²) in [6, 6.07) is 8.33. The molecular formula is C11H16OS. The van der Waals surface area contributed by atoms with Crippen molar-refractivity contribution in [2.45, 2.75) is 19.4 Å². The molecule has 1 nitrogen and oxygen atoms in total. The van der Waals surface area contributed by atoms with Crippen LogP contribution >= 0.6 is 11.8 Å². The third-order valence-corrected chi connectivity index (χ3v) is 2.67. The quantitative estimate of drug-likeness (QED) is 0.797. The van der Waals surface area contributed by atoms with Crippen molar-refractivity contribution in [1.29, 1.82) is 0 Å². The van der Waals surface area contributed by atoms with Crippen LogP contribution in [0.4, 0.5) is 0 Å². The molecule has 0 aliphatic carbocycles.